The van der Waals surface area contributed by atoms with Gasteiger partial charge in [-0.05, 0) is 48.0 Å². The van der Waals surface area contributed by atoms with Crippen molar-refractivity contribution in [3.05, 3.63) is 0 Å². The molecule has 4 unspecified atom stereocenters. The van der Waals surface area contributed by atoms with Crippen molar-refractivity contribution in [3.8, 4) is 0 Å². The van der Waals surface area contributed by atoms with Crippen molar-refractivity contribution >= 4 is 0 Å². The highest BCUT2D eigenvalue weighted by atomic mass is 19.4. The van der Waals surface area contributed by atoms with E-state index in [0.29, 0.717) is 20.8 Å². The van der Waals surface area contributed by atoms with Gasteiger partial charge in [-0.3, -0.25) is 0 Å². The fourth-order valence-electron chi connectivity index (χ4n) is 4.07. The van der Waals surface area contributed by atoms with Gasteiger partial charge in [0.25, 0.3) is 5.92 Å². The average molecular weight is 686 g/mol. The van der Waals surface area contributed by atoms with Gasteiger partial charge >= 0.3 is 30.4 Å². The van der Waals surface area contributed by atoms with E-state index in [0.717, 1.165) is 27.7 Å². The summed E-state index contributed by atoms with van der Waals surface area (Å²) in [6, 6.07) is 0. The molecule has 3 fully saturated rings. The van der Waals surface area contributed by atoms with Crippen LogP contribution < -0.4 is 0 Å². The van der Waals surface area contributed by atoms with Crippen LogP contribution in [0.3, 0.4) is 0 Å². The Morgan fingerprint density at radius 1 is 0.568 bits per heavy atom. The summed E-state index contributed by atoms with van der Waals surface area (Å²) < 4.78 is 214. The first kappa shape index (κ1) is 40.8. The van der Waals surface area contributed by atoms with E-state index in [-0.39, 0.29) is 6.42 Å². The summed E-state index contributed by atoms with van der Waals surface area (Å²) >= 11 is 0. The third kappa shape index (κ3) is 6.22. The summed E-state index contributed by atoms with van der Waals surface area (Å²) in [6.45, 7) is 4.13. The average Bonchev–Trinajstić information content (AvgIpc) is 3.02. The van der Waals surface area contributed by atoms with E-state index in [2.05, 4.69) is 23.7 Å². The Kier molecular flexibility index (Phi) is 10.9. The standard InChI is InChI=1S/C9H13F5O.C8H11F5O2.C7H9F5O2/c1-4-6(2)5-15-7(3,8(6,10)11)9(12,13)14;1-5(2)7(9,10)6(3,8(11,12)13)15-4-14-5;1-4-6(8,9)5(2,7(10,11)12)14-3-13-4/h4-5H2,1-3H3;4H2,1-3H3;4H,3H2,1-2H3/t;;4-,5?/m..1/s1. The van der Waals surface area contributed by atoms with E-state index in [1.54, 1.807) is 0 Å². The van der Waals surface area contributed by atoms with Gasteiger partial charge in [0.2, 0.25) is 16.8 Å². The van der Waals surface area contributed by atoms with Crippen LogP contribution in [0.15, 0.2) is 0 Å². The van der Waals surface area contributed by atoms with Crippen LogP contribution in [0.4, 0.5) is 65.9 Å². The molecule has 0 spiro atoms. The number of hydrogen-bond acceptors (Lipinski definition) is 5. The minimum atomic E-state index is -5.16. The Bertz CT molecular complexity index is 994. The van der Waals surface area contributed by atoms with Crippen molar-refractivity contribution in [2.75, 3.05) is 20.2 Å². The maximum Gasteiger partial charge on any atom is 0.423 e. The van der Waals surface area contributed by atoms with Gasteiger partial charge in [0.1, 0.15) is 25.3 Å². The summed E-state index contributed by atoms with van der Waals surface area (Å²) in [5.41, 5.74) is -14.3. The van der Waals surface area contributed by atoms with E-state index in [1.165, 1.54) is 6.92 Å². The number of halogens is 15. The van der Waals surface area contributed by atoms with Gasteiger partial charge in [-0.25, -0.2) is 17.6 Å². The van der Waals surface area contributed by atoms with Crippen LogP contribution in [0.5, 0.6) is 0 Å². The number of alkyl halides is 15. The first-order chi connectivity index (χ1) is 19.1. The van der Waals surface area contributed by atoms with Crippen LogP contribution in [-0.4, -0.2) is 85.0 Å². The summed E-state index contributed by atoms with van der Waals surface area (Å²) in [7, 11) is 0. The van der Waals surface area contributed by atoms with Crippen molar-refractivity contribution in [1.29, 1.82) is 0 Å². The zero-order chi connectivity index (χ0) is 35.4. The lowest BCUT2D eigenvalue weighted by Crippen LogP contribution is -2.70. The minimum absolute atomic E-state index is 0.0638. The van der Waals surface area contributed by atoms with Crippen molar-refractivity contribution in [2.24, 2.45) is 5.41 Å². The Labute approximate surface area is 242 Å². The van der Waals surface area contributed by atoms with Gasteiger partial charge < -0.3 is 23.7 Å². The Balaban J connectivity index is 0.000000330. The molecule has 5 nitrogen and oxygen atoms in total. The second kappa shape index (κ2) is 11.8. The molecule has 0 aromatic carbocycles. The number of ether oxygens (including phenoxy) is 5. The zero-order valence-electron chi connectivity index (χ0n) is 24.6. The van der Waals surface area contributed by atoms with Crippen molar-refractivity contribution in [2.45, 2.75) is 127 Å². The zero-order valence-corrected chi connectivity index (χ0v) is 24.6. The molecule has 0 N–H and O–H groups in total. The SMILES string of the molecule is CC1(C)OCOC(C)(C(F)(F)F)C1(F)F.CCC1(C)COC(C)(C(F)(F)F)C1(F)F.C[C@H]1OCOC(C)(C(F)(F)F)C1(F)F. The molecule has 3 saturated heterocycles. The molecule has 0 saturated carbocycles. The quantitative estimate of drug-likeness (QED) is 0.259. The predicted octanol–water partition coefficient (Wildman–Crippen LogP) is 8.45. The third-order valence-corrected chi connectivity index (χ3v) is 8.37. The topological polar surface area (TPSA) is 46.2 Å². The third-order valence-electron chi connectivity index (χ3n) is 8.37. The largest absolute Gasteiger partial charge is 0.423 e. The molecule has 0 amide bonds. The molecule has 0 aromatic heterocycles. The first-order valence-corrected chi connectivity index (χ1v) is 12.6. The van der Waals surface area contributed by atoms with Gasteiger partial charge in [0, 0.05) is 0 Å². The van der Waals surface area contributed by atoms with E-state index in [1.807, 2.05) is 0 Å². The summed E-state index contributed by atoms with van der Waals surface area (Å²) in [5, 5.41) is 0. The molecule has 3 rings (SSSR count). The monoisotopic (exact) mass is 686 g/mol. The highest BCUT2D eigenvalue weighted by Crippen LogP contribution is 2.59. The Hall–Kier alpha value is -1.25. The smallest absolute Gasteiger partial charge is 0.360 e. The van der Waals surface area contributed by atoms with Crippen LogP contribution in [0.25, 0.3) is 0 Å². The number of hydrogen-bond donors (Lipinski definition) is 0. The van der Waals surface area contributed by atoms with E-state index < -0.39 is 90.4 Å². The lowest BCUT2D eigenvalue weighted by atomic mass is 9.76. The van der Waals surface area contributed by atoms with Crippen molar-refractivity contribution < 1.29 is 89.5 Å². The lowest BCUT2D eigenvalue weighted by molar-refractivity contribution is -0.429. The molecule has 264 valence electrons. The van der Waals surface area contributed by atoms with Crippen LogP contribution in [0.2, 0.25) is 0 Å². The summed E-state index contributed by atoms with van der Waals surface area (Å²) in [6.07, 6.45) is -17.2. The lowest BCUT2D eigenvalue weighted by Gasteiger charge is -2.49. The van der Waals surface area contributed by atoms with Crippen molar-refractivity contribution in [1.82, 2.24) is 0 Å². The summed E-state index contributed by atoms with van der Waals surface area (Å²) in [4.78, 5) is 0. The van der Waals surface area contributed by atoms with Gasteiger partial charge in [-0.2, -0.15) is 48.3 Å². The van der Waals surface area contributed by atoms with Gasteiger partial charge in [0.05, 0.1) is 12.0 Å². The maximum absolute atomic E-state index is 13.7. The normalized spacial score (nSPS) is 38.1. The fraction of sp³-hybridized carbons (Fsp3) is 1.00. The highest BCUT2D eigenvalue weighted by Gasteiger charge is 2.78. The van der Waals surface area contributed by atoms with E-state index in [9.17, 15) is 65.9 Å². The maximum atomic E-state index is 13.7. The molecule has 3 heterocycles. The Morgan fingerprint density at radius 2 is 0.955 bits per heavy atom. The minimum Gasteiger partial charge on any atom is -0.360 e. The molecule has 0 radical (unpaired) electrons. The van der Waals surface area contributed by atoms with E-state index in [4.69, 9.17) is 0 Å². The second-order valence-corrected chi connectivity index (χ2v) is 11.6. The van der Waals surface area contributed by atoms with Gasteiger partial charge in [-0.1, -0.05) is 13.8 Å². The molecule has 0 aliphatic carbocycles. The first-order valence-electron chi connectivity index (χ1n) is 12.6. The molecule has 20 heteroatoms. The van der Waals surface area contributed by atoms with E-state index >= 15 is 0 Å². The van der Waals surface area contributed by atoms with Crippen molar-refractivity contribution in [3.63, 3.8) is 0 Å². The molecular weight excluding hydrogens is 653 g/mol. The van der Waals surface area contributed by atoms with Crippen LogP contribution in [0, 0.1) is 5.41 Å². The molecular formula is C24H33F15O5. The number of rotatable bonds is 1. The molecule has 3 aliphatic rings. The summed E-state index contributed by atoms with van der Waals surface area (Å²) in [5.74, 6) is -12.2. The molecule has 0 aromatic rings. The van der Waals surface area contributed by atoms with Crippen LogP contribution >= 0.6 is 0 Å². The molecule has 44 heavy (non-hydrogen) atoms. The highest BCUT2D eigenvalue weighted by molar-refractivity contribution is 5.10. The molecule has 3 aliphatic heterocycles. The Morgan fingerprint density at radius 3 is 1.25 bits per heavy atom. The second-order valence-electron chi connectivity index (χ2n) is 11.6. The van der Waals surface area contributed by atoms with Crippen LogP contribution in [0.1, 0.15) is 61.8 Å². The van der Waals surface area contributed by atoms with Gasteiger partial charge in [0.15, 0.2) is 0 Å². The van der Waals surface area contributed by atoms with Crippen LogP contribution in [-0.2, 0) is 23.7 Å². The van der Waals surface area contributed by atoms with Gasteiger partial charge in [-0.15, -0.1) is 0 Å². The predicted molar refractivity (Wildman–Crippen MR) is 120 cm³/mol. The fourth-order valence-corrected chi connectivity index (χ4v) is 4.07. The molecule has 5 atom stereocenters. The molecule has 0 bridgehead atoms.